The number of pyridine rings is 3. The molecule has 0 spiro atoms. The molecule has 0 radical (unpaired) electrons. The minimum Gasteiger partial charge on any atom is -0.481 e. The number of anilines is 1. The Morgan fingerprint density at radius 2 is 1.77 bits per heavy atom. The quantitative estimate of drug-likeness (QED) is 0.410. The van der Waals surface area contributed by atoms with Crippen LogP contribution in [0.3, 0.4) is 0 Å². The predicted molar refractivity (Wildman–Crippen MR) is 126 cm³/mol. The molecular weight excluding hydrogens is 461 g/mol. The monoisotopic (exact) mass is 480 g/mol. The van der Waals surface area contributed by atoms with Crippen LogP contribution in [-0.2, 0) is 13.2 Å². The molecule has 178 valence electrons. The number of fused-ring (bicyclic) bond motifs is 3. The van der Waals surface area contributed by atoms with Gasteiger partial charge >= 0.3 is 11.9 Å². The number of aromatic nitrogens is 5. The number of nitrogens with zero attached hydrogens (tertiary/aromatic N) is 5. The fourth-order valence-electron chi connectivity index (χ4n) is 4.08. The zero-order valence-electron chi connectivity index (χ0n) is 18.9. The molecule has 8 nitrogen and oxygen atoms in total. The summed E-state index contributed by atoms with van der Waals surface area (Å²) >= 11 is 0. The summed E-state index contributed by atoms with van der Waals surface area (Å²) < 4.78 is 48.8. The molecule has 1 N–H and O–H groups in total. The first-order valence-electron chi connectivity index (χ1n) is 10.5. The fraction of sp³-hybridized carbons (Fsp3) is 0.167. The van der Waals surface area contributed by atoms with Crippen molar-refractivity contribution in [1.82, 2.24) is 24.1 Å². The molecule has 0 amide bonds. The zero-order chi connectivity index (χ0) is 24.9. The van der Waals surface area contributed by atoms with E-state index in [4.69, 9.17) is 4.74 Å². The Morgan fingerprint density at radius 1 is 0.971 bits per heavy atom. The van der Waals surface area contributed by atoms with Crippen LogP contribution in [-0.4, -0.2) is 38.2 Å². The fourth-order valence-corrected chi connectivity index (χ4v) is 4.08. The largest absolute Gasteiger partial charge is 0.481 e. The lowest BCUT2D eigenvalue weighted by atomic mass is 10.0. The van der Waals surface area contributed by atoms with Crippen molar-refractivity contribution in [3.63, 3.8) is 0 Å². The van der Waals surface area contributed by atoms with E-state index in [2.05, 4.69) is 20.3 Å². The van der Waals surface area contributed by atoms with E-state index in [1.807, 2.05) is 0 Å². The molecule has 0 unspecified atom stereocenters. The molecule has 0 atom stereocenters. The van der Waals surface area contributed by atoms with Gasteiger partial charge in [-0.15, -0.1) is 0 Å². The van der Waals surface area contributed by atoms with E-state index in [1.165, 1.54) is 35.7 Å². The molecule has 4 heterocycles. The average Bonchev–Trinajstić information content (AvgIpc) is 3.13. The van der Waals surface area contributed by atoms with Crippen LogP contribution in [0.25, 0.3) is 38.8 Å². The Morgan fingerprint density at radius 3 is 2.43 bits per heavy atom. The second-order valence-corrected chi connectivity index (χ2v) is 7.83. The van der Waals surface area contributed by atoms with Crippen molar-refractivity contribution < 1.29 is 17.9 Å². The van der Waals surface area contributed by atoms with Crippen molar-refractivity contribution in [3.8, 4) is 22.7 Å². The topological polar surface area (TPSA) is 86.9 Å². The summed E-state index contributed by atoms with van der Waals surface area (Å²) in [5, 5.41) is 3.08. The summed E-state index contributed by atoms with van der Waals surface area (Å²) in [6.07, 6.45) is -0.0847. The van der Waals surface area contributed by atoms with Gasteiger partial charge in [0.1, 0.15) is 5.82 Å². The third kappa shape index (κ3) is 3.65. The SMILES string of the molecule is CNc1ncc(-c2ccc3ncc4c(c3c2)n(-c2ccc(OC)nc2)c(=O)n4C)cc1C(F)(F)F. The molecule has 0 saturated heterocycles. The average molecular weight is 480 g/mol. The number of methoxy groups -OCH3 is 1. The van der Waals surface area contributed by atoms with Gasteiger partial charge in [-0.2, -0.15) is 13.2 Å². The van der Waals surface area contributed by atoms with Crippen molar-refractivity contribution >= 4 is 27.8 Å². The van der Waals surface area contributed by atoms with Gasteiger partial charge in [-0.1, -0.05) is 6.07 Å². The Labute approximate surface area is 196 Å². The lowest BCUT2D eigenvalue weighted by molar-refractivity contribution is -0.137. The Balaban J connectivity index is 1.78. The van der Waals surface area contributed by atoms with E-state index in [0.29, 0.717) is 39.1 Å². The summed E-state index contributed by atoms with van der Waals surface area (Å²) in [5.41, 5.74) is 1.83. The van der Waals surface area contributed by atoms with Crippen LogP contribution < -0.4 is 15.7 Å². The molecule has 1 aromatic carbocycles. The predicted octanol–water partition coefficient (Wildman–Crippen LogP) is 4.40. The molecule has 4 aromatic heterocycles. The summed E-state index contributed by atoms with van der Waals surface area (Å²) in [7, 11) is 4.51. The Kier molecular flexibility index (Phi) is 5.19. The van der Waals surface area contributed by atoms with Crippen LogP contribution in [0, 0.1) is 0 Å². The van der Waals surface area contributed by atoms with Gasteiger partial charge in [0, 0.05) is 37.3 Å². The van der Waals surface area contributed by atoms with Crippen LogP contribution >= 0.6 is 0 Å². The summed E-state index contributed by atoms with van der Waals surface area (Å²) in [5.74, 6) is 0.142. The zero-order valence-corrected chi connectivity index (χ0v) is 18.9. The number of ether oxygens (including phenoxy) is 1. The van der Waals surface area contributed by atoms with Crippen molar-refractivity contribution in [2.75, 3.05) is 19.5 Å². The van der Waals surface area contributed by atoms with Crippen LogP contribution in [0.4, 0.5) is 19.0 Å². The lowest BCUT2D eigenvalue weighted by Crippen LogP contribution is -2.20. The molecule has 35 heavy (non-hydrogen) atoms. The van der Waals surface area contributed by atoms with Gasteiger partial charge in [0.25, 0.3) is 0 Å². The second kappa shape index (κ2) is 8.12. The molecule has 0 fully saturated rings. The number of nitrogens with one attached hydrogen (secondary N) is 1. The van der Waals surface area contributed by atoms with Crippen LogP contribution in [0.1, 0.15) is 5.56 Å². The van der Waals surface area contributed by atoms with Crippen molar-refractivity contribution in [2.24, 2.45) is 7.05 Å². The van der Waals surface area contributed by atoms with E-state index in [9.17, 15) is 18.0 Å². The molecule has 5 rings (SSSR count). The van der Waals surface area contributed by atoms with E-state index in [1.54, 1.807) is 43.6 Å². The molecule has 0 bridgehead atoms. The number of rotatable bonds is 4. The smallest absolute Gasteiger partial charge is 0.419 e. The summed E-state index contributed by atoms with van der Waals surface area (Å²) in [6, 6.07) is 9.50. The van der Waals surface area contributed by atoms with Crippen molar-refractivity contribution in [3.05, 3.63) is 71.0 Å². The highest BCUT2D eigenvalue weighted by Crippen LogP contribution is 2.37. The van der Waals surface area contributed by atoms with Crippen LogP contribution in [0.15, 0.2) is 59.8 Å². The highest BCUT2D eigenvalue weighted by molar-refractivity contribution is 6.04. The first-order chi connectivity index (χ1) is 16.7. The van der Waals surface area contributed by atoms with Gasteiger partial charge in [-0.3, -0.25) is 14.1 Å². The molecule has 0 aliphatic heterocycles. The molecular formula is C24H19F3N6O2. The van der Waals surface area contributed by atoms with E-state index in [0.717, 1.165) is 6.07 Å². The normalized spacial score (nSPS) is 11.8. The first-order valence-corrected chi connectivity index (χ1v) is 10.5. The molecule has 0 aliphatic carbocycles. The molecule has 0 saturated carbocycles. The minimum absolute atomic E-state index is 0.255. The number of imidazole rings is 1. The van der Waals surface area contributed by atoms with E-state index < -0.39 is 11.7 Å². The molecule has 0 aliphatic rings. The summed E-state index contributed by atoms with van der Waals surface area (Å²) in [6.45, 7) is 0. The van der Waals surface area contributed by atoms with Crippen LogP contribution in [0.2, 0.25) is 0 Å². The van der Waals surface area contributed by atoms with Gasteiger partial charge in [0.15, 0.2) is 0 Å². The second-order valence-electron chi connectivity index (χ2n) is 7.83. The number of halogens is 3. The lowest BCUT2D eigenvalue weighted by Gasteiger charge is -2.14. The third-order valence-electron chi connectivity index (χ3n) is 5.83. The molecule has 5 aromatic rings. The number of hydrogen-bond acceptors (Lipinski definition) is 6. The minimum atomic E-state index is -4.58. The Hall–Kier alpha value is -4.41. The number of hydrogen-bond donors (Lipinski definition) is 1. The van der Waals surface area contributed by atoms with Crippen LogP contribution in [0.5, 0.6) is 5.88 Å². The standard InChI is InChI=1S/C24H19F3N6O2/c1-28-22-17(24(25,26)27)9-14(10-31-22)13-4-6-18-16(8-13)21-19(12-29-18)32(2)23(34)33(21)15-5-7-20(35-3)30-11-15/h4-12H,1-3H3,(H,28,31). The highest BCUT2D eigenvalue weighted by Gasteiger charge is 2.34. The van der Waals surface area contributed by atoms with Gasteiger partial charge in [0.05, 0.1) is 47.3 Å². The Bertz CT molecular complexity index is 1640. The highest BCUT2D eigenvalue weighted by atomic mass is 19.4. The number of alkyl halides is 3. The van der Waals surface area contributed by atoms with Gasteiger partial charge in [-0.05, 0) is 29.8 Å². The first kappa shape index (κ1) is 22.4. The summed E-state index contributed by atoms with van der Waals surface area (Å²) in [4.78, 5) is 25.8. The van der Waals surface area contributed by atoms with Gasteiger partial charge < -0.3 is 10.1 Å². The van der Waals surface area contributed by atoms with Gasteiger partial charge in [-0.25, -0.2) is 14.8 Å². The maximum Gasteiger partial charge on any atom is 0.419 e. The maximum atomic E-state index is 13.6. The number of benzene rings is 1. The molecule has 11 heteroatoms. The van der Waals surface area contributed by atoms with E-state index >= 15 is 0 Å². The number of aryl methyl sites for hydroxylation is 1. The van der Waals surface area contributed by atoms with Gasteiger partial charge in [0.2, 0.25) is 5.88 Å². The van der Waals surface area contributed by atoms with Crippen molar-refractivity contribution in [2.45, 2.75) is 6.18 Å². The van der Waals surface area contributed by atoms with Crippen molar-refractivity contribution in [1.29, 1.82) is 0 Å². The van der Waals surface area contributed by atoms with E-state index in [-0.39, 0.29) is 17.1 Å². The maximum absolute atomic E-state index is 13.6. The third-order valence-corrected chi connectivity index (χ3v) is 5.83.